The van der Waals surface area contributed by atoms with Crippen molar-refractivity contribution in [3.05, 3.63) is 30.5 Å². The van der Waals surface area contributed by atoms with Crippen molar-refractivity contribution in [3.63, 3.8) is 0 Å². The number of nitrogens with zero attached hydrogens (tertiary/aromatic N) is 1. The van der Waals surface area contributed by atoms with Crippen LogP contribution in [0.25, 0.3) is 10.9 Å². The van der Waals surface area contributed by atoms with Crippen LogP contribution in [0.1, 0.15) is 33.6 Å². The first kappa shape index (κ1) is 21.3. The summed E-state index contributed by atoms with van der Waals surface area (Å²) in [5.74, 6) is -1.42. The molecule has 28 heavy (non-hydrogen) atoms. The van der Waals surface area contributed by atoms with Gasteiger partial charge in [0.05, 0.1) is 25.3 Å². The number of hydrogen-bond acceptors (Lipinski definition) is 7. The number of esters is 2. The van der Waals surface area contributed by atoms with E-state index < -0.39 is 24.1 Å². The van der Waals surface area contributed by atoms with Crippen LogP contribution >= 0.6 is 0 Å². The summed E-state index contributed by atoms with van der Waals surface area (Å²) in [4.78, 5) is 36.5. The predicted octanol–water partition coefficient (Wildman–Crippen LogP) is 3.30. The van der Waals surface area contributed by atoms with Gasteiger partial charge in [0.25, 0.3) is 6.10 Å². The van der Waals surface area contributed by atoms with Crippen molar-refractivity contribution in [1.82, 2.24) is 4.57 Å². The summed E-state index contributed by atoms with van der Waals surface area (Å²) in [6.07, 6.45) is 1.19. The maximum absolute atomic E-state index is 12.3. The van der Waals surface area contributed by atoms with E-state index in [0.717, 1.165) is 12.8 Å². The molecule has 0 bridgehead atoms. The zero-order chi connectivity index (χ0) is 20.5. The number of benzene rings is 1. The van der Waals surface area contributed by atoms with Crippen LogP contribution < -0.4 is 4.74 Å². The molecular weight excluding hydrogens is 366 g/mol. The lowest BCUT2D eigenvalue weighted by Gasteiger charge is -2.17. The van der Waals surface area contributed by atoms with E-state index in [9.17, 15) is 14.4 Å². The molecule has 1 aromatic heterocycles. The van der Waals surface area contributed by atoms with E-state index in [2.05, 4.69) is 0 Å². The maximum Gasteiger partial charge on any atom is 0.418 e. The first-order valence-corrected chi connectivity index (χ1v) is 9.30. The van der Waals surface area contributed by atoms with Gasteiger partial charge in [-0.1, -0.05) is 19.4 Å². The van der Waals surface area contributed by atoms with Crippen LogP contribution in [0.15, 0.2) is 30.5 Å². The summed E-state index contributed by atoms with van der Waals surface area (Å²) in [5.41, 5.74) is 0.533. The Balaban J connectivity index is 2.29. The number of rotatable bonds is 9. The third kappa shape index (κ3) is 5.03. The van der Waals surface area contributed by atoms with Crippen molar-refractivity contribution < 1.29 is 33.3 Å². The number of ether oxygens (including phenoxy) is 4. The molecule has 0 spiro atoms. The van der Waals surface area contributed by atoms with Gasteiger partial charge in [-0.25, -0.2) is 14.4 Å². The SMILES string of the molecule is CCCCOC(=O)n1ccc2c(OC(C(=O)OCC)C(=O)OCC)cccc21. The molecule has 0 fully saturated rings. The first-order valence-electron chi connectivity index (χ1n) is 9.30. The highest BCUT2D eigenvalue weighted by molar-refractivity contribution is 5.99. The molecule has 0 unspecified atom stereocenters. The first-order chi connectivity index (χ1) is 13.5. The van der Waals surface area contributed by atoms with Gasteiger partial charge in [0, 0.05) is 11.6 Å². The van der Waals surface area contributed by atoms with Crippen LogP contribution in [-0.2, 0) is 23.8 Å². The number of fused-ring (bicyclic) bond motifs is 1. The van der Waals surface area contributed by atoms with Crippen molar-refractivity contribution in [1.29, 1.82) is 0 Å². The normalized spacial score (nSPS) is 10.7. The number of hydrogen-bond donors (Lipinski definition) is 0. The molecular formula is C20H25NO7. The highest BCUT2D eigenvalue weighted by Crippen LogP contribution is 2.28. The minimum absolute atomic E-state index is 0.0995. The lowest BCUT2D eigenvalue weighted by Crippen LogP contribution is -2.38. The average Bonchev–Trinajstić information content (AvgIpc) is 3.11. The van der Waals surface area contributed by atoms with E-state index in [0.29, 0.717) is 17.5 Å². The molecule has 0 aliphatic heterocycles. The molecule has 0 radical (unpaired) electrons. The van der Waals surface area contributed by atoms with Crippen LogP contribution in [0.2, 0.25) is 0 Å². The standard InChI is InChI=1S/C20H25NO7/c1-4-7-13-27-20(24)21-12-11-14-15(21)9-8-10-16(14)28-17(18(22)25-5-2)19(23)26-6-3/h8-12,17H,4-7,13H2,1-3H3. The van der Waals surface area contributed by atoms with E-state index in [1.807, 2.05) is 6.92 Å². The van der Waals surface area contributed by atoms with Gasteiger partial charge in [0.2, 0.25) is 0 Å². The molecule has 0 atom stereocenters. The Kier molecular flexibility index (Phi) is 7.86. The van der Waals surface area contributed by atoms with Crippen molar-refractivity contribution in [2.24, 2.45) is 0 Å². The number of aromatic nitrogens is 1. The third-order valence-electron chi connectivity index (χ3n) is 3.86. The lowest BCUT2D eigenvalue weighted by molar-refractivity contribution is -0.166. The van der Waals surface area contributed by atoms with E-state index in [4.69, 9.17) is 18.9 Å². The van der Waals surface area contributed by atoms with Crippen LogP contribution in [0.4, 0.5) is 4.79 Å². The molecule has 152 valence electrons. The minimum atomic E-state index is -1.55. The smallest absolute Gasteiger partial charge is 0.418 e. The van der Waals surface area contributed by atoms with Gasteiger partial charge >= 0.3 is 18.0 Å². The monoisotopic (exact) mass is 391 g/mol. The van der Waals surface area contributed by atoms with Crippen molar-refractivity contribution in [2.45, 2.75) is 39.7 Å². The Morgan fingerprint density at radius 1 is 0.964 bits per heavy atom. The van der Waals surface area contributed by atoms with Crippen LogP contribution in [0.3, 0.4) is 0 Å². The van der Waals surface area contributed by atoms with Gasteiger partial charge in [-0.05, 0) is 38.5 Å². The highest BCUT2D eigenvalue weighted by atomic mass is 16.6. The number of carbonyl (C=O) groups is 3. The second-order valence-corrected chi connectivity index (χ2v) is 5.84. The molecule has 1 aromatic carbocycles. The van der Waals surface area contributed by atoms with Gasteiger partial charge in [-0.15, -0.1) is 0 Å². The molecule has 2 aromatic rings. The van der Waals surface area contributed by atoms with E-state index in [1.165, 1.54) is 4.57 Å². The minimum Gasteiger partial charge on any atom is -0.466 e. The zero-order valence-corrected chi connectivity index (χ0v) is 16.3. The summed E-state index contributed by atoms with van der Waals surface area (Å²) in [5, 5.41) is 0.550. The van der Waals surface area contributed by atoms with Crippen LogP contribution in [-0.4, -0.2) is 48.5 Å². The molecule has 8 heteroatoms. The Hall–Kier alpha value is -3.03. The Labute approximate surface area is 163 Å². The quantitative estimate of drug-likeness (QED) is 0.280. The Morgan fingerprint density at radius 2 is 1.64 bits per heavy atom. The molecule has 2 rings (SSSR count). The second kappa shape index (κ2) is 10.3. The van der Waals surface area contributed by atoms with E-state index in [1.54, 1.807) is 44.3 Å². The summed E-state index contributed by atoms with van der Waals surface area (Å²) in [7, 11) is 0. The number of carbonyl (C=O) groups excluding carboxylic acids is 3. The zero-order valence-electron chi connectivity index (χ0n) is 16.3. The van der Waals surface area contributed by atoms with E-state index >= 15 is 0 Å². The van der Waals surface area contributed by atoms with Crippen molar-refractivity contribution in [2.75, 3.05) is 19.8 Å². The molecule has 1 heterocycles. The maximum atomic E-state index is 12.3. The summed E-state index contributed by atoms with van der Waals surface area (Å²) < 4.78 is 22.0. The van der Waals surface area contributed by atoms with Gasteiger partial charge < -0.3 is 18.9 Å². The van der Waals surface area contributed by atoms with Crippen molar-refractivity contribution in [3.8, 4) is 5.75 Å². The molecule has 0 N–H and O–H groups in total. The highest BCUT2D eigenvalue weighted by Gasteiger charge is 2.32. The molecule has 0 aliphatic carbocycles. The van der Waals surface area contributed by atoms with Gasteiger partial charge in [0.15, 0.2) is 0 Å². The second-order valence-electron chi connectivity index (χ2n) is 5.84. The fourth-order valence-corrected chi connectivity index (χ4v) is 2.53. The third-order valence-corrected chi connectivity index (χ3v) is 3.86. The van der Waals surface area contributed by atoms with Crippen LogP contribution in [0.5, 0.6) is 5.75 Å². The van der Waals surface area contributed by atoms with Crippen molar-refractivity contribution >= 4 is 28.9 Å². The molecule has 8 nitrogen and oxygen atoms in total. The summed E-state index contributed by atoms with van der Waals surface area (Å²) >= 11 is 0. The molecule has 0 saturated carbocycles. The lowest BCUT2D eigenvalue weighted by atomic mass is 10.2. The molecule has 0 amide bonds. The topological polar surface area (TPSA) is 93.1 Å². The fraction of sp³-hybridized carbons (Fsp3) is 0.450. The Bertz CT molecular complexity index is 809. The summed E-state index contributed by atoms with van der Waals surface area (Å²) in [6, 6.07) is 6.62. The fourth-order valence-electron chi connectivity index (χ4n) is 2.53. The Morgan fingerprint density at radius 3 is 2.25 bits per heavy atom. The average molecular weight is 391 g/mol. The van der Waals surface area contributed by atoms with Gasteiger partial charge in [-0.2, -0.15) is 0 Å². The van der Waals surface area contributed by atoms with E-state index in [-0.39, 0.29) is 19.0 Å². The number of unbranched alkanes of at least 4 members (excludes halogenated alkanes) is 1. The summed E-state index contributed by atoms with van der Waals surface area (Å²) in [6.45, 7) is 5.80. The molecule has 0 aliphatic rings. The largest absolute Gasteiger partial charge is 0.466 e. The van der Waals surface area contributed by atoms with Gasteiger partial charge in [-0.3, -0.25) is 4.57 Å². The van der Waals surface area contributed by atoms with Gasteiger partial charge in [0.1, 0.15) is 5.75 Å². The molecule has 0 saturated heterocycles. The predicted molar refractivity (Wildman–Crippen MR) is 101 cm³/mol. The van der Waals surface area contributed by atoms with Crippen LogP contribution in [0, 0.1) is 0 Å².